The lowest BCUT2D eigenvalue weighted by Crippen LogP contribution is -2.39. The first-order valence-electron chi connectivity index (χ1n) is 10.3. The summed E-state index contributed by atoms with van der Waals surface area (Å²) >= 11 is 0. The Labute approximate surface area is 175 Å². The molecular formula is C24H27NO5. The molecule has 0 radical (unpaired) electrons. The minimum Gasteiger partial charge on any atom is -0.493 e. The zero-order chi connectivity index (χ0) is 21.0. The highest BCUT2D eigenvalue weighted by molar-refractivity contribution is 6.13. The first-order valence-corrected chi connectivity index (χ1v) is 10.3. The quantitative estimate of drug-likeness (QED) is 0.657. The van der Waals surface area contributed by atoms with Crippen molar-refractivity contribution in [1.82, 2.24) is 4.90 Å². The maximum Gasteiger partial charge on any atom is 0.161 e. The van der Waals surface area contributed by atoms with E-state index in [1.54, 1.807) is 28.4 Å². The average Bonchev–Trinajstić information content (AvgIpc) is 3.26. The Balaban J connectivity index is 1.94. The number of fused-ring (bicyclic) bond motifs is 7. The Morgan fingerprint density at radius 1 is 0.767 bits per heavy atom. The van der Waals surface area contributed by atoms with Gasteiger partial charge in [-0.05, 0) is 76.3 Å². The minimum absolute atomic E-state index is 0.159. The van der Waals surface area contributed by atoms with Crippen LogP contribution in [0.5, 0.6) is 23.0 Å². The molecular weight excluding hydrogens is 382 g/mol. The van der Waals surface area contributed by atoms with E-state index in [2.05, 4.69) is 4.90 Å². The van der Waals surface area contributed by atoms with Crippen molar-refractivity contribution in [3.05, 3.63) is 35.4 Å². The van der Waals surface area contributed by atoms with E-state index >= 15 is 0 Å². The number of nitrogens with zero attached hydrogens (tertiary/aromatic N) is 1. The molecule has 2 aliphatic rings. The second-order valence-electron chi connectivity index (χ2n) is 8.02. The van der Waals surface area contributed by atoms with E-state index in [0.29, 0.717) is 23.0 Å². The zero-order valence-electron chi connectivity index (χ0n) is 17.8. The lowest BCUT2D eigenvalue weighted by Gasteiger charge is -2.37. The van der Waals surface area contributed by atoms with Gasteiger partial charge in [0, 0.05) is 12.6 Å². The van der Waals surface area contributed by atoms with Crippen molar-refractivity contribution in [1.29, 1.82) is 0 Å². The van der Waals surface area contributed by atoms with E-state index < -0.39 is 6.10 Å². The highest BCUT2D eigenvalue weighted by Gasteiger charge is 2.39. The molecule has 158 valence electrons. The van der Waals surface area contributed by atoms with E-state index in [0.717, 1.165) is 58.6 Å². The summed E-state index contributed by atoms with van der Waals surface area (Å²) in [4.78, 5) is 2.40. The van der Waals surface area contributed by atoms with Crippen LogP contribution in [0.25, 0.3) is 21.5 Å². The zero-order valence-corrected chi connectivity index (χ0v) is 17.8. The van der Waals surface area contributed by atoms with Gasteiger partial charge < -0.3 is 24.1 Å². The van der Waals surface area contributed by atoms with Crippen LogP contribution in [0.3, 0.4) is 0 Å². The summed E-state index contributed by atoms with van der Waals surface area (Å²) in [5, 5.41) is 15.6. The van der Waals surface area contributed by atoms with Crippen LogP contribution in [-0.2, 0) is 6.54 Å². The van der Waals surface area contributed by atoms with Crippen molar-refractivity contribution in [2.24, 2.45) is 0 Å². The van der Waals surface area contributed by atoms with Gasteiger partial charge in [-0.3, -0.25) is 4.90 Å². The largest absolute Gasteiger partial charge is 0.493 e. The second kappa shape index (κ2) is 7.22. The van der Waals surface area contributed by atoms with Gasteiger partial charge in [0.2, 0.25) is 0 Å². The van der Waals surface area contributed by atoms with Crippen LogP contribution >= 0.6 is 0 Å². The molecule has 6 nitrogen and oxygen atoms in total. The summed E-state index contributed by atoms with van der Waals surface area (Å²) in [5.74, 6) is 2.68. The Hall–Kier alpha value is -2.70. The van der Waals surface area contributed by atoms with Gasteiger partial charge in [-0.25, -0.2) is 0 Å². The molecule has 1 fully saturated rings. The molecule has 0 saturated carbocycles. The van der Waals surface area contributed by atoms with E-state index in [9.17, 15) is 5.11 Å². The van der Waals surface area contributed by atoms with Crippen molar-refractivity contribution in [2.45, 2.75) is 31.5 Å². The minimum atomic E-state index is -0.547. The van der Waals surface area contributed by atoms with Gasteiger partial charge >= 0.3 is 0 Å². The summed E-state index contributed by atoms with van der Waals surface area (Å²) < 4.78 is 22.4. The SMILES string of the molecule is COc1cc2c3c(c4cc(OC)c(OC)cc4c2cc1OC)C(O)[C@@H]1CCCN1C3. The first-order chi connectivity index (χ1) is 14.6. The third-order valence-electron chi connectivity index (χ3n) is 6.71. The van der Waals surface area contributed by atoms with Crippen LogP contribution in [0.15, 0.2) is 24.3 Å². The fourth-order valence-electron chi connectivity index (χ4n) is 5.29. The smallest absolute Gasteiger partial charge is 0.161 e. The molecule has 6 heteroatoms. The topological polar surface area (TPSA) is 60.4 Å². The maximum atomic E-state index is 11.4. The van der Waals surface area contributed by atoms with Gasteiger partial charge in [0.05, 0.1) is 34.5 Å². The molecule has 0 amide bonds. The van der Waals surface area contributed by atoms with Gasteiger partial charge in [0.15, 0.2) is 23.0 Å². The molecule has 2 atom stereocenters. The van der Waals surface area contributed by atoms with E-state index in [1.807, 2.05) is 24.3 Å². The number of hydrogen-bond donors (Lipinski definition) is 1. The molecule has 2 aliphatic heterocycles. The van der Waals surface area contributed by atoms with E-state index in [1.165, 1.54) is 0 Å². The first kappa shape index (κ1) is 19.3. The van der Waals surface area contributed by atoms with Gasteiger partial charge in [-0.1, -0.05) is 0 Å². The molecule has 0 spiro atoms. The van der Waals surface area contributed by atoms with Crippen molar-refractivity contribution in [3.8, 4) is 23.0 Å². The van der Waals surface area contributed by atoms with Gasteiger partial charge in [0.1, 0.15) is 0 Å². The van der Waals surface area contributed by atoms with Crippen molar-refractivity contribution < 1.29 is 24.1 Å². The molecule has 2 heterocycles. The van der Waals surface area contributed by atoms with Gasteiger partial charge in [-0.2, -0.15) is 0 Å². The fourth-order valence-corrected chi connectivity index (χ4v) is 5.29. The highest BCUT2D eigenvalue weighted by atomic mass is 16.5. The Kier molecular flexibility index (Phi) is 4.64. The number of methoxy groups -OCH3 is 4. The van der Waals surface area contributed by atoms with Crippen LogP contribution in [0, 0.1) is 0 Å². The molecule has 0 bridgehead atoms. The monoisotopic (exact) mass is 409 g/mol. The third-order valence-corrected chi connectivity index (χ3v) is 6.71. The predicted octanol–water partition coefficient (Wildman–Crippen LogP) is 4.04. The Bertz CT molecular complexity index is 1140. The van der Waals surface area contributed by atoms with Crippen molar-refractivity contribution >= 4 is 21.5 Å². The lowest BCUT2D eigenvalue weighted by molar-refractivity contribution is 0.0552. The fraction of sp³-hybridized carbons (Fsp3) is 0.417. The van der Waals surface area contributed by atoms with Crippen LogP contribution in [0.4, 0.5) is 0 Å². The summed E-state index contributed by atoms with van der Waals surface area (Å²) in [6.07, 6.45) is 1.58. The van der Waals surface area contributed by atoms with Gasteiger partial charge in [0.25, 0.3) is 0 Å². The molecule has 3 aromatic rings. The molecule has 0 aromatic heterocycles. The van der Waals surface area contributed by atoms with E-state index in [4.69, 9.17) is 18.9 Å². The van der Waals surface area contributed by atoms with Crippen LogP contribution in [0.2, 0.25) is 0 Å². The Morgan fingerprint density at radius 2 is 1.27 bits per heavy atom. The van der Waals surface area contributed by atoms with E-state index in [-0.39, 0.29) is 6.04 Å². The number of ether oxygens (including phenoxy) is 4. The third kappa shape index (κ3) is 2.63. The lowest BCUT2D eigenvalue weighted by atomic mass is 9.83. The summed E-state index contributed by atoms with van der Waals surface area (Å²) in [7, 11) is 6.57. The van der Waals surface area contributed by atoms with Crippen molar-refractivity contribution in [2.75, 3.05) is 35.0 Å². The molecule has 1 N–H and O–H groups in total. The molecule has 3 aromatic carbocycles. The molecule has 1 saturated heterocycles. The van der Waals surface area contributed by atoms with Crippen LogP contribution < -0.4 is 18.9 Å². The molecule has 1 unspecified atom stereocenters. The average molecular weight is 409 g/mol. The normalized spacial score (nSPS) is 20.8. The van der Waals surface area contributed by atoms with Crippen molar-refractivity contribution in [3.63, 3.8) is 0 Å². The standard InChI is InChI=1S/C24H27NO5/c1-27-19-8-13-14-9-20(28-2)22(30-4)11-16(14)23-17(15(13)10-21(19)29-3)12-25-7-5-6-18(25)24(23)26/h8-11,18,24,26H,5-7,12H2,1-4H3/t18-,24?/m0/s1. The van der Waals surface area contributed by atoms with Gasteiger partial charge in [-0.15, -0.1) is 0 Å². The molecule has 5 rings (SSSR count). The summed E-state index contributed by atoms with van der Waals surface area (Å²) in [6, 6.07) is 8.21. The summed E-state index contributed by atoms with van der Waals surface area (Å²) in [5.41, 5.74) is 2.14. The number of benzene rings is 3. The maximum absolute atomic E-state index is 11.4. The predicted molar refractivity (Wildman–Crippen MR) is 116 cm³/mol. The number of aliphatic hydroxyl groups excluding tert-OH is 1. The molecule has 30 heavy (non-hydrogen) atoms. The number of rotatable bonds is 4. The number of aliphatic hydroxyl groups is 1. The van der Waals surface area contributed by atoms with Crippen LogP contribution in [-0.4, -0.2) is 51.0 Å². The Morgan fingerprint density at radius 3 is 1.83 bits per heavy atom. The molecule has 0 aliphatic carbocycles. The highest BCUT2D eigenvalue weighted by Crippen LogP contribution is 2.48. The van der Waals surface area contributed by atoms with Crippen LogP contribution in [0.1, 0.15) is 30.1 Å². The second-order valence-corrected chi connectivity index (χ2v) is 8.02. The number of hydrogen-bond acceptors (Lipinski definition) is 6. The summed E-state index contributed by atoms with van der Waals surface area (Å²) in [6.45, 7) is 1.83.